The van der Waals surface area contributed by atoms with E-state index in [0.29, 0.717) is 0 Å². The molecule has 1 aromatic heterocycles. The van der Waals surface area contributed by atoms with Crippen molar-refractivity contribution in [1.29, 1.82) is 0 Å². The number of hydrogen-bond acceptors (Lipinski definition) is 1. The van der Waals surface area contributed by atoms with Gasteiger partial charge in [-0.15, -0.1) is 0 Å². The molecule has 4 rings (SSSR count). The Morgan fingerprint density at radius 1 is 1.12 bits per heavy atom. The van der Waals surface area contributed by atoms with Crippen LogP contribution in [0.2, 0.25) is 0 Å². The van der Waals surface area contributed by atoms with Gasteiger partial charge in [-0.05, 0) is 65.7 Å². The summed E-state index contributed by atoms with van der Waals surface area (Å²) in [5.74, 6) is 0.636. The molecule has 3 heteroatoms. The minimum atomic E-state index is -0.193. The van der Waals surface area contributed by atoms with Crippen LogP contribution in [-0.4, -0.2) is 4.98 Å². The second-order valence-corrected chi connectivity index (χ2v) is 7.37. The highest BCUT2D eigenvalue weighted by Gasteiger charge is 2.19. The minimum Gasteiger partial charge on any atom is -0.232 e. The van der Waals surface area contributed by atoms with Gasteiger partial charge in [0.2, 0.25) is 0 Å². The second-order valence-electron chi connectivity index (χ2n) is 7.37. The normalized spacial score (nSPS) is 15.2. The van der Waals surface area contributed by atoms with Gasteiger partial charge in [-0.2, -0.15) is 0 Å². The minimum absolute atomic E-state index is 0.193. The monoisotopic (exact) mass is 335 g/mol. The fourth-order valence-electron chi connectivity index (χ4n) is 4.18. The van der Waals surface area contributed by atoms with E-state index in [4.69, 9.17) is 0 Å². The van der Waals surface area contributed by atoms with E-state index in [-0.39, 0.29) is 5.82 Å². The number of hydrogen-bond donors (Lipinski definition) is 0. The lowest BCUT2D eigenvalue weighted by Crippen LogP contribution is -2.31. The molecule has 0 amide bonds. The molecule has 128 valence electrons. The van der Waals surface area contributed by atoms with E-state index in [1.165, 1.54) is 37.3 Å². The number of benzene rings is 2. The summed E-state index contributed by atoms with van der Waals surface area (Å²) in [6.45, 7) is 1.96. The molecule has 1 heterocycles. The molecule has 1 saturated carbocycles. The van der Waals surface area contributed by atoms with E-state index in [9.17, 15) is 4.39 Å². The number of halogens is 1. The summed E-state index contributed by atoms with van der Waals surface area (Å²) >= 11 is 0. The summed E-state index contributed by atoms with van der Waals surface area (Å²) in [6, 6.07) is 11.6. The van der Waals surface area contributed by atoms with E-state index < -0.39 is 0 Å². The maximum atomic E-state index is 13.5. The Hall–Kier alpha value is -2.29. The van der Waals surface area contributed by atoms with Crippen LogP contribution >= 0.6 is 0 Å². The first kappa shape index (κ1) is 16.2. The molecule has 3 aromatic rings. The number of aryl methyl sites for hydroxylation is 2. The molecule has 1 aliphatic carbocycles. The van der Waals surface area contributed by atoms with Gasteiger partial charge in [0.1, 0.15) is 11.5 Å². The fourth-order valence-corrected chi connectivity index (χ4v) is 4.18. The van der Waals surface area contributed by atoms with Crippen molar-refractivity contribution in [2.75, 3.05) is 0 Å². The van der Waals surface area contributed by atoms with Crippen LogP contribution < -0.4 is 4.57 Å². The molecular weight excluding hydrogens is 311 g/mol. The lowest BCUT2D eigenvalue weighted by Gasteiger charge is -2.11. The first-order valence-electron chi connectivity index (χ1n) is 9.15. The molecule has 1 aliphatic rings. The summed E-state index contributed by atoms with van der Waals surface area (Å²) in [7, 11) is 2.00. The van der Waals surface area contributed by atoms with Gasteiger partial charge in [0, 0.05) is 5.56 Å². The molecule has 0 bridgehead atoms. The average Bonchev–Trinajstić information content (AvgIpc) is 3.09. The SMILES string of the molecule is Cc1cc(F)ccc1-c1c2ccc(CC3CCCC3)cc2nc[n+]1C. The van der Waals surface area contributed by atoms with Gasteiger partial charge in [0.15, 0.2) is 5.52 Å². The smallest absolute Gasteiger partial charge is 0.232 e. The predicted octanol–water partition coefficient (Wildman–Crippen LogP) is 4.91. The van der Waals surface area contributed by atoms with Gasteiger partial charge in [-0.1, -0.05) is 31.7 Å². The van der Waals surface area contributed by atoms with Crippen molar-refractivity contribution in [2.24, 2.45) is 13.0 Å². The second kappa shape index (κ2) is 6.55. The molecule has 0 radical (unpaired) electrons. The number of fused-ring (bicyclic) bond motifs is 1. The Kier molecular flexibility index (Phi) is 4.24. The van der Waals surface area contributed by atoms with Crippen LogP contribution in [0, 0.1) is 18.7 Å². The van der Waals surface area contributed by atoms with Crippen molar-refractivity contribution >= 4 is 10.9 Å². The number of aromatic nitrogens is 2. The summed E-state index contributed by atoms with van der Waals surface area (Å²) < 4.78 is 15.5. The van der Waals surface area contributed by atoms with Crippen molar-refractivity contribution < 1.29 is 8.96 Å². The van der Waals surface area contributed by atoms with E-state index in [1.807, 2.05) is 30.9 Å². The molecule has 2 aromatic carbocycles. The van der Waals surface area contributed by atoms with E-state index in [1.54, 1.807) is 6.07 Å². The fraction of sp³-hybridized carbons (Fsp3) is 0.364. The van der Waals surface area contributed by atoms with Gasteiger partial charge in [-0.3, -0.25) is 0 Å². The van der Waals surface area contributed by atoms with E-state index in [2.05, 4.69) is 23.2 Å². The largest absolute Gasteiger partial charge is 0.287 e. The van der Waals surface area contributed by atoms with Crippen molar-refractivity contribution in [3.63, 3.8) is 0 Å². The molecule has 0 atom stereocenters. The Balaban J connectivity index is 1.79. The molecule has 0 unspecified atom stereocenters. The first-order chi connectivity index (χ1) is 12.1. The van der Waals surface area contributed by atoms with Crippen LogP contribution in [-0.2, 0) is 13.5 Å². The third-order valence-electron chi connectivity index (χ3n) is 5.48. The summed E-state index contributed by atoms with van der Waals surface area (Å²) in [4.78, 5) is 4.64. The molecule has 0 aliphatic heterocycles. The zero-order valence-corrected chi connectivity index (χ0v) is 14.9. The van der Waals surface area contributed by atoms with E-state index >= 15 is 0 Å². The summed E-state index contributed by atoms with van der Waals surface area (Å²) in [6.07, 6.45) is 8.48. The zero-order valence-electron chi connectivity index (χ0n) is 14.9. The van der Waals surface area contributed by atoms with Crippen molar-refractivity contribution in [1.82, 2.24) is 4.98 Å². The van der Waals surface area contributed by atoms with Crippen LogP contribution in [0.5, 0.6) is 0 Å². The zero-order chi connectivity index (χ0) is 17.4. The van der Waals surface area contributed by atoms with Crippen LogP contribution in [0.4, 0.5) is 4.39 Å². The highest BCUT2D eigenvalue weighted by molar-refractivity contribution is 5.91. The molecule has 0 saturated heterocycles. The van der Waals surface area contributed by atoms with Gasteiger partial charge in [0.05, 0.1) is 12.4 Å². The third kappa shape index (κ3) is 3.15. The molecule has 2 nitrogen and oxygen atoms in total. The molecule has 0 spiro atoms. The van der Waals surface area contributed by atoms with Crippen LogP contribution in [0.1, 0.15) is 36.8 Å². The summed E-state index contributed by atoms with van der Waals surface area (Å²) in [5, 5.41) is 1.12. The van der Waals surface area contributed by atoms with E-state index in [0.717, 1.165) is 40.1 Å². The lowest BCUT2D eigenvalue weighted by atomic mass is 9.95. The van der Waals surface area contributed by atoms with Gasteiger partial charge in [0.25, 0.3) is 6.33 Å². The Bertz CT molecular complexity index is 927. The quantitative estimate of drug-likeness (QED) is 0.622. The number of nitrogens with zero attached hydrogens (tertiary/aromatic N) is 2. The number of rotatable bonds is 3. The van der Waals surface area contributed by atoms with Crippen molar-refractivity contribution in [3.05, 3.63) is 59.7 Å². The van der Waals surface area contributed by atoms with Crippen LogP contribution in [0.3, 0.4) is 0 Å². The Morgan fingerprint density at radius 3 is 2.68 bits per heavy atom. The third-order valence-corrected chi connectivity index (χ3v) is 5.48. The van der Waals surface area contributed by atoms with Gasteiger partial charge < -0.3 is 0 Å². The molecule has 0 N–H and O–H groups in total. The standard InChI is InChI=1S/C22H24FN2/c1-15-11-18(23)8-10-19(15)22-20-9-7-17(12-16-5-3-4-6-16)13-21(20)24-14-25(22)2/h7-11,13-14,16H,3-6,12H2,1-2H3/q+1. The Morgan fingerprint density at radius 2 is 1.92 bits per heavy atom. The maximum absolute atomic E-state index is 13.5. The van der Waals surface area contributed by atoms with Gasteiger partial charge in [-0.25, -0.2) is 8.96 Å². The summed E-state index contributed by atoms with van der Waals surface area (Å²) in [5.41, 5.74) is 5.49. The van der Waals surface area contributed by atoms with Crippen molar-refractivity contribution in [3.8, 4) is 11.3 Å². The average molecular weight is 335 g/mol. The van der Waals surface area contributed by atoms with Crippen LogP contribution in [0.25, 0.3) is 22.2 Å². The predicted molar refractivity (Wildman–Crippen MR) is 98.7 cm³/mol. The molecule has 25 heavy (non-hydrogen) atoms. The molecular formula is C22H24FN2+. The lowest BCUT2D eigenvalue weighted by molar-refractivity contribution is -0.662. The Labute approximate surface area is 148 Å². The highest BCUT2D eigenvalue weighted by Crippen LogP contribution is 2.31. The van der Waals surface area contributed by atoms with Crippen molar-refractivity contribution in [2.45, 2.75) is 39.0 Å². The molecule has 1 fully saturated rings. The van der Waals surface area contributed by atoms with Gasteiger partial charge >= 0.3 is 0 Å². The highest BCUT2D eigenvalue weighted by atomic mass is 19.1. The first-order valence-corrected chi connectivity index (χ1v) is 9.15. The van der Waals surface area contributed by atoms with Crippen LogP contribution in [0.15, 0.2) is 42.7 Å². The maximum Gasteiger partial charge on any atom is 0.287 e. The topological polar surface area (TPSA) is 16.8 Å².